The number of rotatable bonds is 2. The maximum atomic E-state index is 3.88. The molecule has 0 aliphatic heterocycles. The topological polar surface area (TPSA) is 12.9 Å². The maximum absolute atomic E-state index is 3.88. The van der Waals surface area contributed by atoms with Crippen molar-refractivity contribution in [2.24, 2.45) is 5.92 Å². The van der Waals surface area contributed by atoms with Crippen molar-refractivity contribution in [3.63, 3.8) is 0 Å². The fourth-order valence-corrected chi connectivity index (χ4v) is 0.797. The van der Waals surface area contributed by atoms with Gasteiger partial charge in [0.25, 0.3) is 0 Å². The van der Waals surface area contributed by atoms with Gasteiger partial charge in [-0.1, -0.05) is 13.0 Å². The third-order valence-corrected chi connectivity index (χ3v) is 1.51. The molecule has 0 aliphatic rings. The van der Waals surface area contributed by atoms with Gasteiger partial charge in [0.1, 0.15) is 0 Å². The van der Waals surface area contributed by atoms with Crippen molar-refractivity contribution in [1.82, 2.24) is 4.98 Å². The molecule has 0 saturated heterocycles. The van der Waals surface area contributed by atoms with E-state index in [1.807, 2.05) is 25.3 Å². The fraction of sp³-hybridized carbons (Fsp3) is 0.417. The van der Waals surface area contributed by atoms with Crippen LogP contribution in [0.5, 0.6) is 0 Å². The van der Waals surface area contributed by atoms with Crippen LogP contribution in [0.3, 0.4) is 0 Å². The third-order valence-electron chi connectivity index (χ3n) is 1.51. The summed E-state index contributed by atoms with van der Waals surface area (Å²) in [6.07, 6.45) is 5.78. The predicted octanol–water partition coefficient (Wildman–Crippen LogP) is 0.465. The molecule has 14 heavy (non-hydrogen) atoms. The van der Waals surface area contributed by atoms with Crippen LogP contribution in [0.2, 0.25) is 0 Å². The molecule has 1 nitrogen and oxygen atoms in total. The standard InChI is InChI=1S/C6H7N.C6H12.Na/c1-6-3-2-4-7-5-6;1-4-5-6(2)3;/h2-5H,1H3;6H,1-2,4-5H2,3H3;/q;-2;+1. The second kappa shape index (κ2) is 11.2. The predicted molar refractivity (Wildman–Crippen MR) is 58.1 cm³/mol. The van der Waals surface area contributed by atoms with E-state index < -0.39 is 0 Å². The smallest absolute Gasteiger partial charge is 0.343 e. The molecule has 0 fully saturated rings. The fourth-order valence-electron chi connectivity index (χ4n) is 0.797. The van der Waals surface area contributed by atoms with E-state index in [0.29, 0.717) is 5.92 Å². The molecule has 2 heteroatoms. The maximum Gasteiger partial charge on any atom is 1.00 e. The second-order valence-corrected chi connectivity index (χ2v) is 3.28. The van der Waals surface area contributed by atoms with Crippen LogP contribution in [-0.4, -0.2) is 4.98 Å². The summed E-state index contributed by atoms with van der Waals surface area (Å²) in [6.45, 7) is 11.6. The Morgan fingerprint density at radius 1 is 1.50 bits per heavy atom. The molecule has 0 bridgehead atoms. The van der Waals surface area contributed by atoms with Crippen LogP contribution in [-0.2, 0) is 0 Å². The molecule has 1 unspecified atom stereocenters. The summed E-state index contributed by atoms with van der Waals surface area (Å²) in [5.41, 5.74) is 1.21. The van der Waals surface area contributed by atoms with Crippen LogP contribution < -0.4 is 29.6 Å². The van der Waals surface area contributed by atoms with Gasteiger partial charge in [0.15, 0.2) is 0 Å². The Kier molecular flexibility index (Phi) is 13.3. The summed E-state index contributed by atoms with van der Waals surface area (Å²) in [5, 5.41) is 0. The monoisotopic (exact) mass is 200 g/mol. The van der Waals surface area contributed by atoms with Gasteiger partial charge in [-0.2, -0.15) is 12.3 Å². The first kappa shape index (κ1) is 16.6. The molecule has 1 heterocycles. The number of hydrogen-bond acceptors (Lipinski definition) is 1. The van der Waals surface area contributed by atoms with Crippen LogP contribution >= 0.6 is 0 Å². The Balaban J connectivity index is 0. The molecule has 0 saturated carbocycles. The van der Waals surface area contributed by atoms with Crippen LogP contribution in [0.4, 0.5) is 0 Å². The van der Waals surface area contributed by atoms with Crippen molar-refractivity contribution in [3.8, 4) is 0 Å². The van der Waals surface area contributed by atoms with Gasteiger partial charge in [0.05, 0.1) is 0 Å². The Bertz CT molecular complexity index is 197. The minimum Gasteiger partial charge on any atom is -0.343 e. The van der Waals surface area contributed by atoms with E-state index in [9.17, 15) is 0 Å². The van der Waals surface area contributed by atoms with Crippen LogP contribution in [0, 0.1) is 26.7 Å². The molecule has 0 aromatic carbocycles. The molecule has 1 aromatic rings. The van der Waals surface area contributed by atoms with Gasteiger partial charge in [-0.15, -0.1) is 6.42 Å². The molecule has 0 amide bonds. The van der Waals surface area contributed by atoms with Crippen molar-refractivity contribution in [2.45, 2.75) is 26.7 Å². The molecule has 1 aromatic heterocycles. The van der Waals surface area contributed by atoms with Crippen LogP contribution in [0.25, 0.3) is 0 Å². The van der Waals surface area contributed by atoms with E-state index in [0.717, 1.165) is 12.8 Å². The first-order valence-corrected chi connectivity index (χ1v) is 4.65. The van der Waals surface area contributed by atoms with E-state index >= 15 is 0 Å². The SMILES string of the molecule is Cc1cccnc1.[CH2-]CCC([CH2-])C.[Na+]. The van der Waals surface area contributed by atoms with E-state index in [4.69, 9.17) is 0 Å². The Labute approximate surface area is 111 Å². The molecule has 1 atom stereocenters. The summed E-state index contributed by atoms with van der Waals surface area (Å²) in [6, 6.07) is 3.95. The minimum absolute atomic E-state index is 0. The quantitative estimate of drug-likeness (QED) is 0.499. The van der Waals surface area contributed by atoms with Crippen LogP contribution in [0.1, 0.15) is 25.3 Å². The van der Waals surface area contributed by atoms with E-state index in [2.05, 4.69) is 25.8 Å². The molecule has 0 aliphatic carbocycles. The Morgan fingerprint density at radius 2 is 2.14 bits per heavy atom. The first-order valence-electron chi connectivity index (χ1n) is 4.65. The van der Waals surface area contributed by atoms with E-state index in [-0.39, 0.29) is 29.6 Å². The van der Waals surface area contributed by atoms with Crippen LogP contribution in [0.15, 0.2) is 24.5 Å². The Morgan fingerprint density at radius 3 is 2.29 bits per heavy atom. The first-order chi connectivity index (χ1) is 6.16. The number of nitrogens with zero attached hydrogens (tertiary/aromatic N) is 1. The molecule has 0 spiro atoms. The van der Waals surface area contributed by atoms with Crippen molar-refractivity contribution in [1.29, 1.82) is 0 Å². The van der Waals surface area contributed by atoms with Crippen molar-refractivity contribution < 1.29 is 29.6 Å². The Hall–Kier alpha value is 0.150. The number of pyridine rings is 1. The van der Waals surface area contributed by atoms with Gasteiger partial charge in [-0.05, 0) is 18.6 Å². The summed E-state index contributed by atoms with van der Waals surface area (Å²) in [7, 11) is 0. The van der Waals surface area contributed by atoms with Crippen molar-refractivity contribution in [3.05, 3.63) is 43.9 Å². The average Bonchev–Trinajstić information content (AvgIpc) is 2.06. The van der Waals surface area contributed by atoms with E-state index in [1.54, 1.807) is 6.20 Å². The summed E-state index contributed by atoms with van der Waals surface area (Å²) in [4.78, 5) is 3.88. The number of aryl methyl sites for hydroxylation is 1. The molecular weight excluding hydrogens is 181 g/mol. The summed E-state index contributed by atoms with van der Waals surface area (Å²) >= 11 is 0. The average molecular weight is 200 g/mol. The summed E-state index contributed by atoms with van der Waals surface area (Å²) < 4.78 is 0. The molecule has 74 valence electrons. The van der Waals surface area contributed by atoms with Crippen molar-refractivity contribution >= 4 is 0 Å². The van der Waals surface area contributed by atoms with Crippen molar-refractivity contribution in [2.75, 3.05) is 0 Å². The van der Waals surface area contributed by atoms with Gasteiger partial charge in [0, 0.05) is 12.4 Å². The second-order valence-electron chi connectivity index (χ2n) is 3.28. The van der Waals surface area contributed by atoms with Gasteiger partial charge in [0.2, 0.25) is 0 Å². The third kappa shape index (κ3) is 12.2. The molecule has 0 N–H and O–H groups in total. The summed E-state index contributed by atoms with van der Waals surface area (Å²) in [5.74, 6) is 0.586. The molecule has 0 radical (unpaired) electrons. The zero-order valence-electron chi connectivity index (χ0n) is 9.66. The van der Waals surface area contributed by atoms with Gasteiger partial charge in [-0.3, -0.25) is 4.98 Å². The largest absolute Gasteiger partial charge is 1.00 e. The zero-order valence-corrected chi connectivity index (χ0v) is 11.7. The van der Waals surface area contributed by atoms with Gasteiger partial charge >= 0.3 is 29.6 Å². The number of hydrogen-bond donors (Lipinski definition) is 0. The molecular formula is C12H19NNa-. The van der Waals surface area contributed by atoms with Gasteiger partial charge in [-0.25, -0.2) is 0 Å². The van der Waals surface area contributed by atoms with Gasteiger partial charge < -0.3 is 13.8 Å². The number of aromatic nitrogens is 1. The van der Waals surface area contributed by atoms with E-state index in [1.165, 1.54) is 5.56 Å². The molecule has 1 rings (SSSR count). The normalized spacial score (nSPS) is 10.6. The zero-order chi connectivity index (χ0) is 10.1. The minimum atomic E-state index is 0.